The van der Waals surface area contributed by atoms with Crippen molar-refractivity contribution in [3.63, 3.8) is 0 Å². The Morgan fingerprint density at radius 1 is 1.29 bits per heavy atom. The summed E-state index contributed by atoms with van der Waals surface area (Å²) < 4.78 is 0. The predicted molar refractivity (Wildman–Crippen MR) is 77.0 cm³/mol. The molecule has 2 rings (SSSR count). The molecule has 1 aromatic carbocycles. The van der Waals surface area contributed by atoms with Crippen LogP contribution in [-0.4, -0.2) is 32.8 Å². The maximum Gasteiger partial charge on any atom is 0.405 e. The molecular weight excluding hydrogens is 268 g/mol. The van der Waals surface area contributed by atoms with Crippen molar-refractivity contribution >= 4 is 17.3 Å². The van der Waals surface area contributed by atoms with Crippen LogP contribution in [0.5, 0.6) is 0 Å². The van der Waals surface area contributed by atoms with Gasteiger partial charge in [0.2, 0.25) is 0 Å². The molecule has 1 unspecified atom stereocenters. The number of Topliss-reactive ketones (excluding diaryl/α,β-unsaturated/α-hetero) is 2. The van der Waals surface area contributed by atoms with E-state index >= 15 is 0 Å². The van der Waals surface area contributed by atoms with Crippen LogP contribution in [0.25, 0.3) is 5.53 Å². The van der Waals surface area contributed by atoms with Crippen LogP contribution >= 0.6 is 0 Å². The molecule has 0 amide bonds. The first-order chi connectivity index (χ1) is 10.1. The van der Waals surface area contributed by atoms with Gasteiger partial charge in [0.1, 0.15) is 0 Å². The largest absolute Gasteiger partial charge is 0.405 e. The number of hydrogen-bond donors (Lipinski definition) is 1. The molecule has 0 radical (unpaired) electrons. The Labute approximate surface area is 122 Å². The highest BCUT2D eigenvalue weighted by molar-refractivity contribution is 6.67. The first-order valence-electron chi connectivity index (χ1n) is 6.81. The Balaban J connectivity index is 2.17. The van der Waals surface area contributed by atoms with E-state index in [1.807, 2.05) is 6.08 Å². The molecule has 1 aliphatic rings. The third kappa shape index (κ3) is 3.60. The normalized spacial score (nSPS) is 20.6. The number of rotatable bonds is 5. The molecule has 108 valence electrons. The van der Waals surface area contributed by atoms with Crippen molar-refractivity contribution in [2.45, 2.75) is 31.3 Å². The van der Waals surface area contributed by atoms with E-state index in [4.69, 9.17) is 5.53 Å². The number of carbonyl (C=O) groups excluding carboxylic acids is 2. The molecule has 0 aliphatic heterocycles. The molecule has 21 heavy (non-hydrogen) atoms. The van der Waals surface area contributed by atoms with E-state index in [9.17, 15) is 14.7 Å². The fourth-order valence-corrected chi connectivity index (χ4v) is 2.38. The Hall–Kier alpha value is -2.36. The molecule has 1 aliphatic carbocycles. The van der Waals surface area contributed by atoms with Crippen molar-refractivity contribution in [2.75, 3.05) is 0 Å². The molecule has 1 N–H and O–H groups in total. The quantitative estimate of drug-likeness (QED) is 0.224. The van der Waals surface area contributed by atoms with Crippen molar-refractivity contribution in [3.8, 4) is 0 Å². The maximum atomic E-state index is 12.2. The fraction of sp³-hybridized carbons (Fsp3) is 0.312. The van der Waals surface area contributed by atoms with Crippen LogP contribution in [-0.2, 0) is 4.79 Å². The van der Waals surface area contributed by atoms with Crippen LogP contribution in [0.15, 0.2) is 42.5 Å². The lowest BCUT2D eigenvalue weighted by atomic mass is 9.85. The van der Waals surface area contributed by atoms with Crippen molar-refractivity contribution < 1.29 is 19.5 Å². The molecule has 0 saturated carbocycles. The minimum atomic E-state index is -1.26. The Morgan fingerprint density at radius 2 is 2.00 bits per heavy atom. The van der Waals surface area contributed by atoms with E-state index in [0.717, 1.165) is 12.8 Å². The first-order valence-corrected chi connectivity index (χ1v) is 6.81. The van der Waals surface area contributed by atoms with Gasteiger partial charge in [-0.05, 0) is 19.3 Å². The number of aliphatic hydroxyl groups is 1. The summed E-state index contributed by atoms with van der Waals surface area (Å²) in [4.78, 5) is 27.2. The summed E-state index contributed by atoms with van der Waals surface area (Å²) in [5.74, 6) is -1.31. The van der Waals surface area contributed by atoms with Gasteiger partial charge < -0.3 is 10.6 Å². The predicted octanol–water partition coefficient (Wildman–Crippen LogP) is 1.97. The summed E-state index contributed by atoms with van der Waals surface area (Å²) in [5, 5.41) is 10.3. The zero-order valence-corrected chi connectivity index (χ0v) is 11.5. The van der Waals surface area contributed by atoms with E-state index in [-0.39, 0.29) is 12.0 Å². The monoisotopic (exact) mass is 284 g/mol. The minimum Gasteiger partial charge on any atom is -0.385 e. The second kappa shape index (κ2) is 6.39. The van der Waals surface area contributed by atoms with E-state index < -0.39 is 22.9 Å². The van der Waals surface area contributed by atoms with Crippen LogP contribution < -0.4 is 0 Å². The molecule has 1 aromatic rings. The number of nitrogens with zero attached hydrogens (tertiary/aromatic N) is 2. The van der Waals surface area contributed by atoms with E-state index in [0.29, 0.717) is 6.42 Å². The average molecular weight is 284 g/mol. The van der Waals surface area contributed by atoms with Gasteiger partial charge >= 0.3 is 5.71 Å². The second-order valence-electron chi connectivity index (χ2n) is 5.14. The van der Waals surface area contributed by atoms with E-state index in [1.54, 1.807) is 24.3 Å². The lowest BCUT2D eigenvalue weighted by molar-refractivity contribution is -0.120. The molecule has 5 heteroatoms. The zero-order valence-electron chi connectivity index (χ0n) is 11.5. The standard InChI is InChI=1S/C16H16N2O3/c17-18-14(15(20)12-7-3-1-4-8-12)13(19)11-16(21)9-5-2-6-10-16/h1,3-5,7-9,21H,2,6,10-11H2. The highest BCUT2D eigenvalue weighted by Gasteiger charge is 2.37. The van der Waals surface area contributed by atoms with Crippen molar-refractivity contribution in [3.05, 3.63) is 53.6 Å². The van der Waals surface area contributed by atoms with Gasteiger partial charge in [0.15, 0.2) is 0 Å². The Bertz CT molecular complexity index is 630. The van der Waals surface area contributed by atoms with Crippen LogP contribution in [0.3, 0.4) is 0 Å². The number of carbonyl (C=O) groups is 2. The van der Waals surface area contributed by atoms with Gasteiger partial charge in [-0.2, -0.15) is 4.79 Å². The Morgan fingerprint density at radius 3 is 2.57 bits per heavy atom. The molecule has 5 nitrogen and oxygen atoms in total. The summed E-state index contributed by atoms with van der Waals surface area (Å²) in [6, 6.07) is 8.13. The molecular formula is C16H16N2O3. The number of allylic oxidation sites excluding steroid dienone is 1. The van der Waals surface area contributed by atoms with Crippen molar-refractivity contribution in [1.82, 2.24) is 0 Å². The topological polar surface area (TPSA) is 90.8 Å². The summed E-state index contributed by atoms with van der Waals surface area (Å²) in [6.07, 6.45) is 5.22. The van der Waals surface area contributed by atoms with E-state index in [1.165, 1.54) is 12.1 Å². The fourth-order valence-electron chi connectivity index (χ4n) is 2.38. The molecule has 0 saturated heterocycles. The maximum absolute atomic E-state index is 12.2. The third-order valence-corrected chi connectivity index (χ3v) is 3.49. The molecule has 0 fully saturated rings. The average Bonchev–Trinajstić information content (AvgIpc) is 2.49. The van der Waals surface area contributed by atoms with Gasteiger partial charge in [-0.15, -0.1) is 0 Å². The van der Waals surface area contributed by atoms with Gasteiger partial charge in [0.05, 0.1) is 12.0 Å². The molecule has 0 spiro atoms. The van der Waals surface area contributed by atoms with Crippen molar-refractivity contribution in [1.29, 1.82) is 0 Å². The minimum absolute atomic E-state index is 0.262. The van der Waals surface area contributed by atoms with Gasteiger partial charge in [-0.25, -0.2) is 0 Å². The summed E-state index contributed by atoms with van der Waals surface area (Å²) in [7, 11) is 0. The smallest absolute Gasteiger partial charge is 0.385 e. The van der Waals surface area contributed by atoms with E-state index in [2.05, 4.69) is 4.79 Å². The zero-order chi connectivity index (χ0) is 15.3. The van der Waals surface area contributed by atoms with Gasteiger partial charge in [-0.1, -0.05) is 42.5 Å². The lowest BCUT2D eigenvalue weighted by Gasteiger charge is -2.25. The molecule has 0 aromatic heterocycles. The molecule has 1 atom stereocenters. The SMILES string of the molecule is [N-]=[N+]=C(C(=O)CC1(O)C=CCCC1)C(=O)c1ccccc1. The third-order valence-electron chi connectivity index (χ3n) is 3.49. The highest BCUT2D eigenvalue weighted by atomic mass is 16.3. The van der Waals surface area contributed by atoms with Crippen LogP contribution in [0.1, 0.15) is 36.0 Å². The summed E-state index contributed by atoms with van der Waals surface area (Å²) in [6.45, 7) is 0. The van der Waals surface area contributed by atoms with Gasteiger partial charge in [-0.3, -0.25) is 9.59 Å². The second-order valence-corrected chi connectivity index (χ2v) is 5.14. The molecule has 0 bridgehead atoms. The van der Waals surface area contributed by atoms with Crippen molar-refractivity contribution in [2.24, 2.45) is 0 Å². The number of benzene rings is 1. The van der Waals surface area contributed by atoms with Crippen LogP contribution in [0.2, 0.25) is 0 Å². The van der Waals surface area contributed by atoms with Gasteiger partial charge in [0, 0.05) is 5.56 Å². The number of hydrogen-bond acceptors (Lipinski definition) is 3. The highest BCUT2D eigenvalue weighted by Crippen LogP contribution is 2.25. The summed E-state index contributed by atoms with van der Waals surface area (Å²) in [5.41, 5.74) is 7.45. The van der Waals surface area contributed by atoms with Crippen LogP contribution in [0.4, 0.5) is 0 Å². The van der Waals surface area contributed by atoms with Crippen LogP contribution in [0, 0.1) is 0 Å². The molecule has 0 heterocycles. The lowest BCUT2D eigenvalue weighted by Crippen LogP contribution is -2.36. The summed E-state index contributed by atoms with van der Waals surface area (Å²) >= 11 is 0. The van der Waals surface area contributed by atoms with Gasteiger partial charge in [0.25, 0.3) is 11.6 Å². The Kier molecular flexibility index (Phi) is 4.58. The first kappa shape index (κ1) is 15.0. The number of ketones is 2.